The second kappa shape index (κ2) is 13.8. The maximum absolute atomic E-state index is 13.8. The Morgan fingerprint density at radius 2 is 1.67 bits per heavy atom. The van der Waals surface area contributed by atoms with E-state index in [1.54, 1.807) is 4.90 Å². The minimum atomic E-state index is -0.744. The Kier molecular flexibility index (Phi) is 10.2. The number of ether oxygens (including phenoxy) is 1. The van der Waals surface area contributed by atoms with Gasteiger partial charge in [-0.15, -0.1) is 0 Å². The van der Waals surface area contributed by atoms with E-state index in [0.29, 0.717) is 13.0 Å². The van der Waals surface area contributed by atoms with Gasteiger partial charge in [0.1, 0.15) is 24.0 Å². The zero-order chi connectivity index (χ0) is 31.1. The number of aliphatic hydroxyl groups is 1. The normalized spacial score (nSPS) is 15.4. The Labute approximate surface area is 251 Å². The van der Waals surface area contributed by atoms with Crippen molar-refractivity contribution in [1.82, 2.24) is 10.6 Å². The van der Waals surface area contributed by atoms with Crippen LogP contribution in [0.4, 0.5) is 19.3 Å². The highest BCUT2D eigenvalue weighted by Crippen LogP contribution is 2.36. The summed E-state index contributed by atoms with van der Waals surface area (Å²) in [7, 11) is 0. The van der Waals surface area contributed by atoms with Crippen molar-refractivity contribution in [3.63, 3.8) is 0 Å². The third-order valence-corrected chi connectivity index (χ3v) is 7.05. The summed E-state index contributed by atoms with van der Waals surface area (Å²) in [5.41, 5.74) is 4.09. The number of amides is 2. The molecule has 0 aromatic heterocycles. The summed E-state index contributed by atoms with van der Waals surface area (Å²) < 4.78 is 33.2. The molecule has 1 atom stereocenters. The number of anilines is 1. The number of carbonyl (C=O) groups excluding carboxylic acids is 2. The number of hydrogen-bond donors (Lipinski definition) is 3. The Morgan fingerprint density at radius 3 is 2.33 bits per heavy atom. The van der Waals surface area contributed by atoms with Crippen molar-refractivity contribution >= 4 is 17.7 Å². The largest absolute Gasteiger partial charge is 0.509 e. The molecule has 0 saturated heterocycles. The van der Waals surface area contributed by atoms with Crippen molar-refractivity contribution in [2.45, 2.75) is 59.6 Å². The highest BCUT2D eigenvalue weighted by Gasteiger charge is 2.30. The fourth-order valence-corrected chi connectivity index (χ4v) is 5.26. The van der Waals surface area contributed by atoms with E-state index in [1.165, 1.54) is 6.92 Å². The van der Waals surface area contributed by atoms with Crippen molar-refractivity contribution in [2.24, 2.45) is 5.41 Å². The predicted octanol–water partition coefficient (Wildman–Crippen LogP) is 6.88. The van der Waals surface area contributed by atoms with Crippen LogP contribution in [-0.2, 0) is 29.0 Å². The molecular formula is C34H39F2N3O4. The molecule has 0 aliphatic carbocycles. The summed E-state index contributed by atoms with van der Waals surface area (Å²) in [4.78, 5) is 26.7. The van der Waals surface area contributed by atoms with Crippen molar-refractivity contribution in [3.05, 3.63) is 112 Å². The van der Waals surface area contributed by atoms with Gasteiger partial charge in [0, 0.05) is 32.0 Å². The maximum atomic E-state index is 13.8. The Balaban J connectivity index is 1.56. The lowest BCUT2D eigenvalue weighted by Gasteiger charge is -2.35. The van der Waals surface area contributed by atoms with Crippen LogP contribution in [0.25, 0.3) is 0 Å². The minimum absolute atomic E-state index is 0.0144. The molecule has 0 fully saturated rings. The van der Waals surface area contributed by atoms with Gasteiger partial charge < -0.3 is 20.5 Å². The highest BCUT2D eigenvalue weighted by atomic mass is 19.1. The van der Waals surface area contributed by atoms with E-state index in [-0.39, 0.29) is 48.0 Å². The fourth-order valence-electron chi connectivity index (χ4n) is 5.26. The highest BCUT2D eigenvalue weighted by molar-refractivity contribution is 5.89. The first-order valence-electron chi connectivity index (χ1n) is 14.4. The number of hydrogen-bond acceptors (Lipinski definition) is 5. The molecule has 3 aromatic carbocycles. The molecule has 7 nitrogen and oxygen atoms in total. The van der Waals surface area contributed by atoms with Crippen LogP contribution in [0.1, 0.15) is 62.4 Å². The lowest BCUT2D eigenvalue weighted by molar-refractivity contribution is -0.118. The van der Waals surface area contributed by atoms with E-state index in [0.717, 1.165) is 47.0 Å². The molecule has 0 radical (unpaired) electrons. The fraction of sp³-hybridized carbons (Fsp3) is 0.353. The predicted molar refractivity (Wildman–Crippen MR) is 162 cm³/mol. The monoisotopic (exact) mass is 591 g/mol. The molecule has 43 heavy (non-hydrogen) atoms. The summed E-state index contributed by atoms with van der Waals surface area (Å²) >= 11 is 0. The van der Waals surface area contributed by atoms with Gasteiger partial charge in [-0.1, -0.05) is 63.2 Å². The SMILES string of the molecule is CC(=O)N/C(Cc1cc(F)cc(F)c1)=C(\O)CNC1CCN(C(=O)OCc2ccccc2)c2ccc(CC(C)(C)C)cc21. The number of halogens is 2. The number of carbonyl (C=O) groups is 2. The average molecular weight is 592 g/mol. The number of fused-ring (bicyclic) bond motifs is 1. The van der Waals surface area contributed by atoms with E-state index in [9.17, 15) is 23.5 Å². The molecule has 0 spiro atoms. The van der Waals surface area contributed by atoms with Gasteiger partial charge in [-0.3, -0.25) is 9.69 Å². The van der Waals surface area contributed by atoms with Gasteiger partial charge in [0.2, 0.25) is 5.91 Å². The molecule has 2 amide bonds. The molecule has 3 aromatic rings. The van der Waals surface area contributed by atoms with Crippen LogP contribution in [0.2, 0.25) is 0 Å². The van der Waals surface area contributed by atoms with Crippen LogP contribution >= 0.6 is 0 Å². The van der Waals surface area contributed by atoms with Gasteiger partial charge in [-0.25, -0.2) is 13.6 Å². The Bertz CT molecular complexity index is 1460. The first kappa shape index (κ1) is 31.7. The number of nitrogens with zero attached hydrogens (tertiary/aromatic N) is 1. The van der Waals surface area contributed by atoms with E-state index < -0.39 is 23.6 Å². The van der Waals surface area contributed by atoms with Gasteiger partial charge in [0.25, 0.3) is 0 Å². The summed E-state index contributed by atoms with van der Waals surface area (Å²) in [5.74, 6) is -2.06. The third kappa shape index (κ3) is 9.12. The standard InChI is InChI=1S/C34H39F2N3O4/c1-22(40)38-30(17-25-14-26(35)18-27(36)15-25)32(41)20-37-29-12-13-39(33(42)43-21-23-8-6-5-7-9-23)31-11-10-24(16-28(29)31)19-34(2,3)4/h5-11,14-16,18,29,37,41H,12-13,17,19-21H2,1-4H3,(H,38,40)/b32-30-. The number of nitrogens with one attached hydrogen (secondary N) is 2. The molecule has 1 heterocycles. The van der Waals surface area contributed by atoms with E-state index in [4.69, 9.17) is 4.74 Å². The van der Waals surface area contributed by atoms with Crippen molar-refractivity contribution < 1.29 is 28.2 Å². The Hall–Kier alpha value is -4.24. The van der Waals surface area contributed by atoms with Crippen LogP contribution in [0.15, 0.2) is 78.2 Å². The average Bonchev–Trinajstić information content (AvgIpc) is 2.93. The van der Waals surface area contributed by atoms with E-state index in [1.807, 2.05) is 42.5 Å². The third-order valence-electron chi connectivity index (χ3n) is 7.05. The quantitative estimate of drug-likeness (QED) is 0.236. The molecule has 0 saturated carbocycles. The van der Waals surface area contributed by atoms with Crippen molar-refractivity contribution in [2.75, 3.05) is 18.0 Å². The number of rotatable bonds is 9. The van der Waals surface area contributed by atoms with Crippen LogP contribution in [0.5, 0.6) is 0 Å². The second-order valence-corrected chi connectivity index (χ2v) is 12.1. The summed E-state index contributed by atoms with van der Waals surface area (Å²) in [5, 5.41) is 16.9. The topological polar surface area (TPSA) is 90.9 Å². The molecule has 3 N–H and O–H groups in total. The Morgan fingerprint density at radius 1 is 0.977 bits per heavy atom. The first-order chi connectivity index (χ1) is 20.4. The van der Waals surface area contributed by atoms with Crippen LogP contribution in [-0.4, -0.2) is 30.2 Å². The second-order valence-electron chi connectivity index (χ2n) is 12.1. The summed E-state index contributed by atoms with van der Waals surface area (Å²) in [6, 6.07) is 18.4. The van der Waals surface area contributed by atoms with Crippen LogP contribution in [0.3, 0.4) is 0 Å². The van der Waals surface area contributed by atoms with Gasteiger partial charge >= 0.3 is 6.09 Å². The zero-order valence-corrected chi connectivity index (χ0v) is 25.0. The van der Waals surface area contributed by atoms with Gasteiger partial charge in [0.15, 0.2) is 0 Å². The first-order valence-corrected chi connectivity index (χ1v) is 14.4. The molecule has 228 valence electrons. The van der Waals surface area contributed by atoms with E-state index in [2.05, 4.69) is 37.5 Å². The van der Waals surface area contributed by atoms with Crippen LogP contribution < -0.4 is 15.5 Å². The molecule has 1 aliphatic rings. The van der Waals surface area contributed by atoms with Gasteiger partial charge in [-0.05, 0) is 58.7 Å². The number of allylic oxidation sites excluding steroid dienone is 1. The van der Waals surface area contributed by atoms with Crippen LogP contribution in [0, 0.1) is 17.0 Å². The molecule has 0 bridgehead atoms. The number of benzene rings is 3. The van der Waals surface area contributed by atoms with Gasteiger partial charge in [0.05, 0.1) is 17.9 Å². The summed E-state index contributed by atoms with van der Waals surface area (Å²) in [6.07, 6.45) is 0.863. The zero-order valence-electron chi connectivity index (χ0n) is 25.0. The minimum Gasteiger partial charge on any atom is -0.509 e. The molecular weight excluding hydrogens is 552 g/mol. The maximum Gasteiger partial charge on any atom is 0.414 e. The smallest absolute Gasteiger partial charge is 0.414 e. The lowest BCUT2D eigenvalue weighted by Crippen LogP contribution is -2.40. The molecule has 4 rings (SSSR count). The number of aliphatic hydroxyl groups excluding tert-OH is 1. The molecule has 9 heteroatoms. The van der Waals surface area contributed by atoms with Crippen molar-refractivity contribution in [1.29, 1.82) is 0 Å². The molecule has 1 unspecified atom stereocenters. The summed E-state index contributed by atoms with van der Waals surface area (Å²) in [6.45, 7) is 8.31. The van der Waals surface area contributed by atoms with E-state index >= 15 is 0 Å². The molecule has 1 aliphatic heterocycles. The van der Waals surface area contributed by atoms with Crippen molar-refractivity contribution in [3.8, 4) is 0 Å². The van der Waals surface area contributed by atoms with Gasteiger partial charge in [-0.2, -0.15) is 0 Å². The lowest BCUT2D eigenvalue weighted by atomic mass is 9.86.